The second-order valence-electron chi connectivity index (χ2n) is 15.7. The quantitative estimate of drug-likeness (QED) is 0.0270. The Kier molecular flexibility index (Phi) is 41.5. The van der Waals surface area contributed by atoms with Crippen LogP contribution in [0.25, 0.3) is 0 Å². The summed E-state index contributed by atoms with van der Waals surface area (Å²) in [6, 6.07) is 0. The fraction of sp³-hybridized carbons (Fsp3) is 0.830. The molecular weight excluding hydrogens is 723 g/mol. The van der Waals surface area contributed by atoms with E-state index in [-0.39, 0.29) is 19.4 Å². The highest BCUT2D eigenvalue weighted by molar-refractivity contribution is 7.46. The molecule has 0 heterocycles. The zero-order valence-electron chi connectivity index (χ0n) is 36.3. The Labute approximate surface area is 344 Å². The summed E-state index contributed by atoms with van der Waals surface area (Å²) in [6.07, 6.45) is 51.8. The van der Waals surface area contributed by atoms with Crippen molar-refractivity contribution in [3.63, 3.8) is 0 Å². The van der Waals surface area contributed by atoms with Crippen LogP contribution in [0.3, 0.4) is 0 Å². The summed E-state index contributed by atoms with van der Waals surface area (Å²) < 4.78 is 26.4. The molecule has 0 unspecified atom stereocenters. The van der Waals surface area contributed by atoms with Crippen LogP contribution in [0.5, 0.6) is 0 Å². The first-order valence-electron chi connectivity index (χ1n) is 23.3. The lowest BCUT2D eigenvalue weighted by molar-refractivity contribution is -0.161. The van der Waals surface area contributed by atoms with Gasteiger partial charge in [-0.15, -0.1) is 0 Å². The molecule has 8 nitrogen and oxygen atoms in total. The molecule has 0 rings (SSSR count). The van der Waals surface area contributed by atoms with Crippen LogP contribution in [-0.4, -0.2) is 41.0 Å². The summed E-state index contributed by atoms with van der Waals surface area (Å²) in [6.45, 7) is 3.66. The summed E-state index contributed by atoms with van der Waals surface area (Å²) in [7, 11) is -4.77. The van der Waals surface area contributed by atoms with E-state index in [0.29, 0.717) is 12.8 Å². The lowest BCUT2D eigenvalue weighted by Gasteiger charge is -2.18. The van der Waals surface area contributed by atoms with Gasteiger partial charge in [-0.3, -0.25) is 14.1 Å². The molecule has 0 radical (unpaired) electrons. The van der Waals surface area contributed by atoms with Crippen molar-refractivity contribution < 1.29 is 37.9 Å². The predicted octanol–water partition coefficient (Wildman–Crippen LogP) is 14.5. The van der Waals surface area contributed by atoms with Crippen molar-refractivity contribution in [3.05, 3.63) is 36.5 Å². The van der Waals surface area contributed by atoms with Crippen LogP contribution in [0.2, 0.25) is 0 Å². The molecule has 0 saturated heterocycles. The van der Waals surface area contributed by atoms with Crippen LogP contribution in [0.4, 0.5) is 0 Å². The van der Waals surface area contributed by atoms with E-state index in [1.54, 1.807) is 0 Å². The third kappa shape index (κ3) is 45.0. The van der Waals surface area contributed by atoms with Crippen LogP contribution in [0.15, 0.2) is 36.5 Å². The first-order chi connectivity index (χ1) is 27.3. The highest BCUT2D eigenvalue weighted by Crippen LogP contribution is 2.36. The number of carbonyl (C=O) groups excluding carboxylic acids is 2. The van der Waals surface area contributed by atoms with E-state index in [4.69, 9.17) is 19.3 Å². The van der Waals surface area contributed by atoms with Gasteiger partial charge >= 0.3 is 19.8 Å². The third-order valence-electron chi connectivity index (χ3n) is 10.1. The summed E-state index contributed by atoms with van der Waals surface area (Å²) in [5.74, 6) is -0.946. The van der Waals surface area contributed by atoms with Crippen LogP contribution in [0, 0.1) is 0 Å². The van der Waals surface area contributed by atoms with E-state index in [1.807, 2.05) is 0 Å². The van der Waals surface area contributed by atoms with E-state index < -0.39 is 32.5 Å². The van der Waals surface area contributed by atoms with Crippen molar-refractivity contribution in [2.24, 2.45) is 0 Å². The van der Waals surface area contributed by atoms with Crippen molar-refractivity contribution in [2.45, 2.75) is 238 Å². The average Bonchev–Trinajstić information content (AvgIpc) is 3.17. The molecule has 0 aromatic heterocycles. The first-order valence-corrected chi connectivity index (χ1v) is 24.8. The van der Waals surface area contributed by atoms with Crippen molar-refractivity contribution in [1.82, 2.24) is 0 Å². The SMILES string of the molecule is CCCCCCCCCC/C=C/CCCCCC(=O)O[C@H](COC(=O)CCC/C=C/CC/C=C/CCCCCCCCCCCCCCCC)COP(=O)(O)O. The second-order valence-corrected chi connectivity index (χ2v) is 17.0. The molecule has 0 amide bonds. The zero-order valence-corrected chi connectivity index (χ0v) is 37.2. The highest BCUT2D eigenvalue weighted by Gasteiger charge is 2.22. The van der Waals surface area contributed by atoms with Gasteiger partial charge in [0, 0.05) is 12.8 Å². The predicted molar refractivity (Wildman–Crippen MR) is 235 cm³/mol. The van der Waals surface area contributed by atoms with E-state index in [1.165, 1.54) is 141 Å². The Bertz CT molecular complexity index is 1000. The van der Waals surface area contributed by atoms with Gasteiger partial charge in [0.25, 0.3) is 0 Å². The van der Waals surface area contributed by atoms with Crippen LogP contribution in [-0.2, 0) is 28.2 Å². The topological polar surface area (TPSA) is 119 Å². The molecule has 328 valence electrons. The summed E-state index contributed by atoms with van der Waals surface area (Å²) in [5.41, 5.74) is 0. The Hall–Kier alpha value is -1.73. The van der Waals surface area contributed by atoms with Crippen molar-refractivity contribution in [1.29, 1.82) is 0 Å². The molecule has 0 aliphatic heterocycles. The number of unbranched alkanes of at least 4 members (excludes halogenated alkanes) is 27. The number of allylic oxidation sites excluding steroid dienone is 6. The maximum Gasteiger partial charge on any atom is 0.469 e. The fourth-order valence-electron chi connectivity index (χ4n) is 6.62. The number of rotatable bonds is 43. The number of hydrogen-bond acceptors (Lipinski definition) is 6. The minimum absolute atomic E-state index is 0.184. The van der Waals surface area contributed by atoms with E-state index >= 15 is 0 Å². The minimum atomic E-state index is -4.77. The van der Waals surface area contributed by atoms with Gasteiger partial charge in [0.15, 0.2) is 6.10 Å². The normalized spacial score (nSPS) is 12.7. The third-order valence-corrected chi connectivity index (χ3v) is 10.6. The van der Waals surface area contributed by atoms with Gasteiger partial charge in [-0.2, -0.15) is 0 Å². The lowest BCUT2D eigenvalue weighted by atomic mass is 10.0. The number of esters is 2. The van der Waals surface area contributed by atoms with Crippen molar-refractivity contribution in [2.75, 3.05) is 13.2 Å². The smallest absolute Gasteiger partial charge is 0.462 e. The van der Waals surface area contributed by atoms with Crippen molar-refractivity contribution in [3.8, 4) is 0 Å². The van der Waals surface area contributed by atoms with Crippen LogP contribution >= 0.6 is 7.82 Å². The Morgan fingerprint density at radius 2 is 0.786 bits per heavy atom. The average molecular weight is 811 g/mol. The maximum atomic E-state index is 12.4. The molecular formula is C47H87O8P. The number of ether oxygens (including phenoxy) is 2. The van der Waals surface area contributed by atoms with Gasteiger partial charge < -0.3 is 19.3 Å². The molecule has 56 heavy (non-hydrogen) atoms. The Morgan fingerprint density at radius 3 is 1.20 bits per heavy atom. The van der Waals surface area contributed by atoms with Crippen LogP contribution in [0.1, 0.15) is 232 Å². The first kappa shape index (κ1) is 54.3. The zero-order chi connectivity index (χ0) is 41.1. The second kappa shape index (κ2) is 42.9. The van der Waals surface area contributed by atoms with Gasteiger partial charge in [-0.1, -0.05) is 185 Å². The molecule has 2 N–H and O–H groups in total. The Morgan fingerprint density at radius 1 is 0.446 bits per heavy atom. The Balaban J connectivity index is 3.90. The standard InChI is InChI=1S/C47H87O8P/c1-3-5-7-9-11-13-15-17-19-20-21-22-23-24-25-26-28-29-31-33-35-37-39-41-46(48)53-43-45(44-54-56(50,51)52)55-47(49)42-40-38-36-34-32-30-27-18-16-14-12-10-8-6-4-2/h26,28,30,32-33,35,45H,3-25,27,29,31,34,36-44H2,1-2H3,(H2,50,51,52)/b28-26+,32-30+,35-33+/t45-/m1/s1. The van der Waals surface area contributed by atoms with E-state index in [0.717, 1.165) is 51.4 Å². The van der Waals surface area contributed by atoms with Gasteiger partial charge in [-0.25, -0.2) is 4.57 Å². The van der Waals surface area contributed by atoms with Gasteiger partial charge in [0.05, 0.1) is 6.61 Å². The van der Waals surface area contributed by atoms with Gasteiger partial charge in [-0.05, 0) is 70.6 Å². The van der Waals surface area contributed by atoms with Crippen LogP contribution < -0.4 is 0 Å². The molecule has 0 aromatic carbocycles. The molecule has 0 aliphatic carbocycles. The number of phosphoric acid groups is 1. The monoisotopic (exact) mass is 811 g/mol. The molecule has 1 atom stereocenters. The van der Waals surface area contributed by atoms with Crippen molar-refractivity contribution >= 4 is 19.8 Å². The molecule has 0 aliphatic rings. The highest BCUT2D eigenvalue weighted by atomic mass is 31.2. The number of carbonyl (C=O) groups is 2. The molecule has 0 spiro atoms. The maximum absolute atomic E-state index is 12.4. The molecule has 0 fully saturated rings. The molecule has 9 heteroatoms. The molecule has 0 bridgehead atoms. The number of phosphoric ester groups is 1. The minimum Gasteiger partial charge on any atom is -0.462 e. The lowest BCUT2D eigenvalue weighted by Crippen LogP contribution is -2.29. The molecule has 0 aromatic rings. The fourth-order valence-corrected chi connectivity index (χ4v) is 6.98. The summed E-state index contributed by atoms with van der Waals surface area (Å²) in [4.78, 5) is 42.9. The summed E-state index contributed by atoms with van der Waals surface area (Å²) >= 11 is 0. The molecule has 0 saturated carbocycles. The van der Waals surface area contributed by atoms with Gasteiger partial charge in [0.1, 0.15) is 6.61 Å². The van der Waals surface area contributed by atoms with E-state index in [2.05, 4.69) is 54.8 Å². The van der Waals surface area contributed by atoms with Gasteiger partial charge in [0.2, 0.25) is 0 Å². The number of hydrogen-bond donors (Lipinski definition) is 2. The summed E-state index contributed by atoms with van der Waals surface area (Å²) in [5, 5.41) is 0. The largest absolute Gasteiger partial charge is 0.469 e. The van der Waals surface area contributed by atoms with E-state index in [9.17, 15) is 14.2 Å².